The lowest BCUT2D eigenvalue weighted by Crippen LogP contribution is -2.61. The van der Waals surface area contributed by atoms with Crippen LogP contribution in [0.5, 0.6) is 6.01 Å². The van der Waals surface area contributed by atoms with Crippen molar-refractivity contribution in [3.8, 4) is 6.01 Å². The van der Waals surface area contributed by atoms with E-state index in [0.717, 1.165) is 10.9 Å². The van der Waals surface area contributed by atoms with Crippen molar-refractivity contribution < 1.29 is 42.7 Å². The number of carbonyl (C=O) groups is 7. The molecule has 0 radical (unpaired) electrons. The van der Waals surface area contributed by atoms with Gasteiger partial charge >= 0.3 is 6.01 Å². The number of allylic oxidation sites excluding steroid dienone is 1. The zero-order chi connectivity index (χ0) is 56.7. The molecule has 1 saturated heterocycles. The van der Waals surface area contributed by atoms with E-state index in [2.05, 4.69) is 42.4 Å². The maximum absolute atomic E-state index is 15.5. The Bertz CT molecular complexity index is 2910. The molecule has 2 bridgehead atoms. The Morgan fingerprint density at radius 1 is 0.795 bits per heavy atom. The van der Waals surface area contributed by atoms with E-state index in [1.165, 1.54) is 42.8 Å². The molecule has 1 aliphatic carbocycles. The Balaban J connectivity index is 1.36. The quantitative estimate of drug-likeness (QED) is 0.120. The predicted octanol–water partition coefficient (Wildman–Crippen LogP) is 5.70. The van der Waals surface area contributed by atoms with Crippen LogP contribution in [-0.4, -0.2) is 147 Å². The molecule has 1 saturated carbocycles. The van der Waals surface area contributed by atoms with Gasteiger partial charge in [0.15, 0.2) is 0 Å². The van der Waals surface area contributed by atoms with E-state index >= 15 is 14.4 Å². The van der Waals surface area contributed by atoms with Crippen molar-refractivity contribution in [1.82, 2.24) is 50.5 Å². The van der Waals surface area contributed by atoms with E-state index in [1.807, 2.05) is 90.2 Å². The summed E-state index contributed by atoms with van der Waals surface area (Å²) in [5.41, 5.74) is 2.20. The summed E-state index contributed by atoms with van der Waals surface area (Å²) in [5, 5.41) is 13.2. The molecular formula is C59H79FN10O8. The van der Waals surface area contributed by atoms with Gasteiger partial charge < -0.3 is 45.3 Å². The topological polar surface area (TPSA) is 217 Å². The minimum absolute atomic E-state index is 0.0442. The smallest absolute Gasteiger partial charge is 0.316 e. The van der Waals surface area contributed by atoms with Gasteiger partial charge in [0.1, 0.15) is 48.5 Å². The van der Waals surface area contributed by atoms with Crippen LogP contribution in [0.15, 0.2) is 79.7 Å². The first-order chi connectivity index (χ1) is 37.0. The van der Waals surface area contributed by atoms with Gasteiger partial charge in [-0.15, -0.1) is 6.58 Å². The minimum Gasteiger partial charge on any atom is -0.467 e. The second-order valence-electron chi connectivity index (χ2n) is 22.9. The molecule has 2 fully saturated rings. The molecule has 4 aromatic rings. The molecule has 2 aromatic heterocycles. The number of methoxy groups -OCH3 is 1. The number of nitrogens with one attached hydrogen (secondary N) is 4. The zero-order valence-electron chi connectivity index (χ0n) is 46.9. The van der Waals surface area contributed by atoms with Crippen LogP contribution in [0.3, 0.4) is 0 Å². The summed E-state index contributed by atoms with van der Waals surface area (Å²) < 4.78 is 21.8. The lowest BCUT2D eigenvalue weighted by Gasteiger charge is -2.39. The predicted molar refractivity (Wildman–Crippen MR) is 296 cm³/mol. The van der Waals surface area contributed by atoms with E-state index < -0.39 is 95.4 Å². The van der Waals surface area contributed by atoms with Crippen molar-refractivity contribution in [3.05, 3.63) is 90.8 Å². The highest BCUT2D eigenvalue weighted by Crippen LogP contribution is 2.35. The summed E-state index contributed by atoms with van der Waals surface area (Å²) in [5.74, 6) is -4.90. The summed E-state index contributed by atoms with van der Waals surface area (Å²) >= 11 is 0. The highest BCUT2D eigenvalue weighted by Gasteiger charge is 2.43. The molecule has 7 atom stereocenters. The van der Waals surface area contributed by atoms with Crippen molar-refractivity contribution in [1.29, 1.82) is 0 Å². The van der Waals surface area contributed by atoms with Gasteiger partial charge in [-0.2, -0.15) is 4.98 Å². The third-order valence-electron chi connectivity index (χ3n) is 15.6. The van der Waals surface area contributed by atoms with E-state index in [0.29, 0.717) is 28.5 Å². The second-order valence-corrected chi connectivity index (χ2v) is 22.9. The van der Waals surface area contributed by atoms with Crippen LogP contribution in [0.4, 0.5) is 4.39 Å². The number of aromatic nitrogens is 3. The highest BCUT2D eigenvalue weighted by molar-refractivity contribution is 5.99. The number of halogens is 1. The van der Waals surface area contributed by atoms with Gasteiger partial charge in [-0.3, -0.25) is 33.6 Å². The summed E-state index contributed by atoms with van der Waals surface area (Å²) in [6.45, 7) is 17.4. The van der Waals surface area contributed by atoms with E-state index in [9.17, 15) is 23.6 Å². The molecule has 3 aliphatic rings. The number of carbonyl (C=O) groups excluding carboxylic acids is 7. The Hall–Kier alpha value is -7.18. The first-order valence-corrected chi connectivity index (χ1v) is 27.4. The van der Waals surface area contributed by atoms with Crippen molar-refractivity contribution in [2.75, 3.05) is 27.7 Å². The second kappa shape index (κ2) is 25.1. The minimum atomic E-state index is -1.32. The van der Waals surface area contributed by atoms with Crippen molar-refractivity contribution in [3.63, 3.8) is 0 Å². The number of hydrogen-bond donors (Lipinski definition) is 4. The number of hydrogen-bond acceptors (Lipinski definition) is 10. The summed E-state index contributed by atoms with van der Waals surface area (Å²) in [7, 11) is 4.43. The monoisotopic (exact) mass is 1070 g/mol. The lowest BCUT2D eigenvalue weighted by molar-refractivity contribution is -0.150. The molecule has 2 aliphatic heterocycles. The van der Waals surface area contributed by atoms with Crippen molar-refractivity contribution in [2.45, 2.75) is 160 Å². The zero-order valence-corrected chi connectivity index (χ0v) is 46.9. The molecule has 420 valence electrons. The first-order valence-electron chi connectivity index (χ1n) is 27.4. The van der Waals surface area contributed by atoms with Crippen molar-refractivity contribution >= 4 is 63.2 Å². The number of fused-ring (bicyclic) bond motifs is 4. The van der Waals surface area contributed by atoms with Crippen LogP contribution < -0.4 is 26.0 Å². The van der Waals surface area contributed by atoms with Crippen LogP contribution in [0.25, 0.3) is 21.8 Å². The largest absolute Gasteiger partial charge is 0.467 e. The molecule has 2 aromatic carbocycles. The fourth-order valence-corrected chi connectivity index (χ4v) is 10.9. The van der Waals surface area contributed by atoms with Gasteiger partial charge in [-0.1, -0.05) is 70.2 Å². The maximum Gasteiger partial charge on any atom is 0.316 e. The molecular weight excluding hydrogens is 996 g/mol. The number of nitrogens with zero attached hydrogens (tertiary/aromatic N) is 6. The average Bonchev–Trinajstić information content (AvgIpc) is 3.82. The van der Waals surface area contributed by atoms with Gasteiger partial charge in [0, 0.05) is 62.2 Å². The molecule has 7 amide bonds. The SMILES string of the molecule is C=CC(C)(C)n1cc(C[C@@H]2NC(=O)[C@H](CC3CC(F)C3)NC(=O)[C@H](CC(C)C)N3CC/C=C\C[C@@H](C3=O)N(C)C(=O)[C@H](C)NC(=O)[C@H](Cc3ccc4nc(OC)ncc4c3)NC(=O)[C@H](CC(C)C)N(C)C2=O)c2ccccc21. The number of likely N-dealkylation sites (N-methyl/N-ethyl adjacent to an activating group) is 2. The lowest BCUT2D eigenvalue weighted by atomic mass is 9.79. The van der Waals surface area contributed by atoms with Crippen LogP contribution in [0.2, 0.25) is 0 Å². The Kier molecular flexibility index (Phi) is 18.8. The Morgan fingerprint density at radius 2 is 1.45 bits per heavy atom. The molecule has 7 rings (SSSR count). The molecule has 0 spiro atoms. The molecule has 4 N–H and O–H groups in total. The third-order valence-corrected chi connectivity index (χ3v) is 15.6. The number of amides is 7. The standard InChI is InChI=1S/C59H79FN10O8/c1-12-59(7,8)70-33-40(42-18-15-16-19-47(42)70)31-46-56(76)68(10)49(24-34(2)3)53(73)63-44(29-37-21-22-43-39(26-37)32-61-58(66-43)78-11)51(71)62-36(6)55(75)67(9)48-20-14-13-17-23-69(57(48)77)50(25-35(4)5)54(74)64-45(52(72)65-46)30-38-27-41(60)28-38/h12-16,18-19,21-22,26,32-36,38,41,44-46,48-50H,1,17,20,23-25,27-31H2,2-11H3,(H,62,71)(H,63,73)(H,64,74)(H,65,72)/b14-13-/t36-,38?,41?,44-,45-,46-,48-,49-,50-/m0/s1. The van der Waals surface area contributed by atoms with E-state index in [-0.39, 0.29) is 81.7 Å². The number of ether oxygens (including phenoxy) is 1. The third kappa shape index (κ3) is 13.6. The average molecular weight is 1080 g/mol. The van der Waals surface area contributed by atoms with Gasteiger partial charge in [0.05, 0.1) is 18.2 Å². The first kappa shape index (κ1) is 58.5. The number of rotatable bonds is 13. The number of para-hydroxylation sites is 1. The van der Waals surface area contributed by atoms with Crippen LogP contribution in [-0.2, 0) is 51.9 Å². The fraction of sp³-hybridized carbons (Fsp3) is 0.542. The van der Waals surface area contributed by atoms with Crippen LogP contribution in [0.1, 0.15) is 105 Å². The molecule has 18 nitrogen and oxygen atoms in total. The van der Waals surface area contributed by atoms with E-state index in [1.54, 1.807) is 24.4 Å². The summed E-state index contributed by atoms with van der Waals surface area (Å²) in [6.07, 6.45) is 9.19. The maximum atomic E-state index is 15.5. The van der Waals surface area contributed by atoms with Crippen molar-refractivity contribution in [2.24, 2.45) is 17.8 Å². The van der Waals surface area contributed by atoms with Crippen LogP contribution in [0, 0.1) is 17.8 Å². The van der Waals surface area contributed by atoms with Crippen LogP contribution >= 0.6 is 0 Å². The number of benzene rings is 2. The molecule has 0 unspecified atom stereocenters. The highest BCUT2D eigenvalue weighted by atomic mass is 19.1. The molecule has 19 heteroatoms. The fourth-order valence-electron chi connectivity index (χ4n) is 10.9. The van der Waals surface area contributed by atoms with Gasteiger partial charge in [-0.05, 0) is 113 Å². The van der Waals surface area contributed by atoms with Gasteiger partial charge in [0.25, 0.3) is 0 Å². The molecule has 4 heterocycles. The Morgan fingerprint density at radius 3 is 2.13 bits per heavy atom. The summed E-state index contributed by atoms with van der Waals surface area (Å²) in [6, 6.07) is 4.71. The normalized spacial score (nSPS) is 26.1. The van der Waals surface area contributed by atoms with Gasteiger partial charge in [-0.25, -0.2) is 9.37 Å². The Labute approximate surface area is 457 Å². The van der Waals surface area contributed by atoms with Gasteiger partial charge in [0.2, 0.25) is 41.4 Å². The molecule has 78 heavy (non-hydrogen) atoms. The number of alkyl halides is 1. The van der Waals surface area contributed by atoms with E-state index in [4.69, 9.17) is 4.74 Å². The summed E-state index contributed by atoms with van der Waals surface area (Å²) in [4.78, 5) is 118.